The molecule has 28 heavy (non-hydrogen) atoms. The molecule has 0 unspecified atom stereocenters. The van der Waals surface area contributed by atoms with Gasteiger partial charge in [-0.2, -0.15) is 0 Å². The van der Waals surface area contributed by atoms with E-state index in [9.17, 15) is 4.79 Å². The third kappa shape index (κ3) is 3.84. The van der Waals surface area contributed by atoms with E-state index in [1.165, 1.54) is 27.8 Å². The summed E-state index contributed by atoms with van der Waals surface area (Å²) in [6.07, 6.45) is 3.52. The van der Waals surface area contributed by atoms with Gasteiger partial charge in [-0.25, -0.2) is 4.79 Å². The standard InChI is InChI=1S/C25H23NO2/c1-18-12-14-19(15-13-18)7-6-16-26-25(27)28-17-24-22-10-4-2-8-20(22)21-9-3-5-11-23(21)24/h2-15,24H,16-17H2,1H3,(H,26,27). The molecule has 0 radical (unpaired) electrons. The highest BCUT2D eigenvalue weighted by Gasteiger charge is 2.28. The van der Waals surface area contributed by atoms with Gasteiger partial charge in [0.1, 0.15) is 6.61 Å². The van der Waals surface area contributed by atoms with Crippen LogP contribution in [0.4, 0.5) is 4.79 Å². The molecule has 0 saturated heterocycles. The lowest BCUT2D eigenvalue weighted by Crippen LogP contribution is -2.26. The number of carbonyl (C=O) groups excluding carboxylic acids is 1. The third-order valence-electron chi connectivity index (χ3n) is 5.10. The molecule has 3 aromatic rings. The van der Waals surface area contributed by atoms with Crippen LogP contribution in [0.1, 0.15) is 28.2 Å². The van der Waals surface area contributed by atoms with Crippen molar-refractivity contribution in [3.8, 4) is 11.1 Å². The Morgan fingerprint density at radius 3 is 2.18 bits per heavy atom. The summed E-state index contributed by atoms with van der Waals surface area (Å²) < 4.78 is 5.52. The Hall–Kier alpha value is -3.33. The maximum Gasteiger partial charge on any atom is 0.407 e. The molecule has 1 amide bonds. The van der Waals surface area contributed by atoms with Crippen LogP contribution in [0.2, 0.25) is 0 Å². The molecule has 0 bridgehead atoms. The SMILES string of the molecule is Cc1ccc(C=CCNC(=O)OCC2c3ccccc3-c3ccccc32)cc1. The number of nitrogens with one attached hydrogen (secondary N) is 1. The van der Waals surface area contributed by atoms with Crippen molar-refractivity contribution < 1.29 is 9.53 Å². The van der Waals surface area contributed by atoms with Crippen molar-refractivity contribution in [1.82, 2.24) is 5.32 Å². The largest absolute Gasteiger partial charge is 0.449 e. The monoisotopic (exact) mass is 369 g/mol. The van der Waals surface area contributed by atoms with E-state index in [-0.39, 0.29) is 5.92 Å². The van der Waals surface area contributed by atoms with Gasteiger partial charge in [0.15, 0.2) is 0 Å². The molecule has 0 aliphatic heterocycles. The van der Waals surface area contributed by atoms with E-state index in [2.05, 4.69) is 60.8 Å². The second-order valence-corrected chi connectivity index (χ2v) is 7.02. The van der Waals surface area contributed by atoms with Gasteiger partial charge in [0, 0.05) is 12.5 Å². The van der Waals surface area contributed by atoms with Crippen molar-refractivity contribution in [2.75, 3.05) is 13.2 Å². The van der Waals surface area contributed by atoms with Crippen molar-refractivity contribution in [3.63, 3.8) is 0 Å². The number of amides is 1. The van der Waals surface area contributed by atoms with Crippen LogP contribution in [0.15, 0.2) is 78.9 Å². The quantitative estimate of drug-likeness (QED) is 0.640. The van der Waals surface area contributed by atoms with Crippen LogP contribution in [0, 0.1) is 6.92 Å². The Morgan fingerprint density at radius 1 is 0.929 bits per heavy atom. The molecule has 0 saturated carbocycles. The van der Waals surface area contributed by atoms with Crippen molar-refractivity contribution >= 4 is 12.2 Å². The average molecular weight is 369 g/mol. The summed E-state index contributed by atoms with van der Waals surface area (Å²) in [6.45, 7) is 2.83. The fraction of sp³-hybridized carbons (Fsp3) is 0.160. The highest BCUT2D eigenvalue weighted by Crippen LogP contribution is 2.44. The maximum atomic E-state index is 12.1. The Balaban J connectivity index is 1.33. The normalized spacial score (nSPS) is 12.6. The molecular formula is C25H23NO2. The van der Waals surface area contributed by atoms with E-state index < -0.39 is 6.09 Å². The van der Waals surface area contributed by atoms with Crippen molar-refractivity contribution in [1.29, 1.82) is 0 Å². The van der Waals surface area contributed by atoms with Crippen LogP contribution >= 0.6 is 0 Å². The number of hydrogen-bond acceptors (Lipinski definition) is 2. The zero-order chi connectivity index (χ0) is 19.3. The molecule has 1 aliphatic carbocycles. The molecule has 0 spiro atoms. The van der Waals surface area contributed by atoms with E-state index in [4.69, 9.17) is 4.74 Å². The molecule has 1 N–H and O–H groups in total. The fourth-order valence-corrected chi connectivity index (χ4v) is 3.66. The topological polar surface area (TPSA) is 38.3 Å². The second kappa shape index (κ2) is 8.13. The van der Waals surface area contributed by atoms with E-state index in [1.54, 1.807) is 0 Å². The van der Waals surface area contributed by atoms with Crippen LogP contribution < -0.4 is 5.32 Å². The molecule has 3 aromatic carbocycles. The molecule has 0 aromatic heterocycles. The summed E-state index contributed by atoms with van der Waals surface area (Å²) in [5.74, 6) is 0.0845. The van der Waals surface area contributed by atoms with Gasteiger partial charge >= 0.3 is 6.09 Å². The summed E-state index contributed by atoms with van der Waals surface area (Å²) in [5, 5.41) is 2.79. The molecule has 3 nitrogen and oxygen atoms in total. The summed E-state index contributed by atoms with van der Waals surface area (Å²) in [7, 11) is 0. The van der Waals surface area contributed by atoms with Crippen LogP contribution in [0.3, 0.4) is 0 Å². The first-order valence-electron chi connectivity index (χ1n) is 9.54. The number of alkyl carbamates (subject to hydrolysis) is 1. The van der Waals surface area contributed by atoms with Crippen LogP contribution in [-0.2, 0) is 4.74 Å². The Labute approximate surface area is 165 Å². The highest BCUT2D eigenvalue weighted by molar-refractivity contribution is 5.79. The van der Waals surface area contributed by atoms with E-state index in [1.807, 2.05) is 36.4 Å². The number of carbonyl (C=O) groups is 1. The lowest BCUT2D eigenvalue weighted by atomic mass is 9.98. The van der Waals surface area contributed by atoms with Gasteiger partial charge in [0.25, 0.3) is 0 Å². The van der Waals surface area contributed by atoms with Gasteiger partial charge in [0.2, 0.25) is 0 Å². The summed E-state index contributed by atoms with van der Waals surface area (Å²) in [6, 6.07) is 24.9. The van der Waals surface area contributed by atoms with Crippen molar-refractivity contribution in [2.24, 2.45) is 0 Å². The lowest BCUT2D eigenvalue weighted by molar-refractivity contribution is 0.144. The van der Waals surface area contributed by atoms with Gasteiger partial charge in [0.05, 0.1) is 0 Å². The second-order valence-electron chi connectivity index (χ2n) is 7.02. The van der Waals surface area contributed by atoms with Gasteiger partial charge in [-0.05, 0) is 34.7 Å². The minimum Gasteiger partial charge on any atom is -0.449 e. The van der Waals surface area contributed by atoms with Gasteiger partial charge in [-0.15, -0.1) is 0 Å². The number of ether oxygens (including phenoxy) is 1. The highest BCUT2D eigenvalue weighted by atomic mass is 16.5. The van der Waals surface area contributed by atoms with E-state index >= 15 is 0 Å². The van der Waals surface area contributed by atoms with Gasteiger partial charge in [-0.3, -0.25) is 0 Å². The first-order valence-corrected chi connectivity index (χ1v) is 9.54. The van der Waals surface area contributed by atoms with Crippen molar-refractivity contribution in [3.05, 3.63) is 101 Å². The fourth-order valence-electron chi connectivity index (χ4n) is 3.66. The van der Waals surface area contributed by atoms with Crippen LogP contribution in [0.5, 0.6) is 0 Å². The molecular weight excluding hydrogens is 346 g/mol. The summed E-state index contributed by atoms with van der Waals surface area (Å²) >= 11 is 0. The van der Waals surface area contributed by atoms with Crippen molar-refractivity contribution in [2.45, 2.75) is 12.8 Å². The molecule has 3 heteroatoms. The average Bonchev–Trinajstić information content (AvgIpc) is 3.05. The lowest BCUT2D eigenvalue weighted by Gasteiger charge is -2.14. The Bertz CT molecular complexity index is 960. The molecule has 1 aliphatic rings. The zero-order valence-electron chi connectivity index (χ0n) is 15.9. The molecule has 0 fully saturated rings. The summed E-state index contributed by atoms with van der Waals surface area (Å²) in [4.78, 5) is 12.1. The van der Waals surface area contributed by atoms with Crippen LogP contribution in [0.25, 0.3) is 17.2 Å². The first kappa shape index (κ1) is 18.1. The Kier molecular flexibility index (Phi) is 5.24. The molecule has 140 valence electrons. The van der Waals surface area contributed by atoms with E-state index in [0.29, 0.717) is 13.2 Å². The number of benzene rings is 3. The van der Waals surface area contributed by atoms with Crippen LogP contribution in [-0.4, -0.2) is 19.2 Å². The predicted octanol–water partition coefficient (Wildman–Crippen LogP) is 5.55. The number of hydrogen-bond donors (Lipinski definition) is 1. The van der Waals surface area contributed by atoms with E-state index in [0.717, 1.165) is 5.56 Å². The predicted molar refractivity (Wildman–Crippen MR) is 113 cm³/mol. The Morgan fingerprint density at radius 2 is 1.54 bits per heavy atom. The number of aryl methyl sites for hydroxylation is 1. The molecule has 0 heterocycles. The molecule has 0 atom stereocenters. The van der Waals surface area contributed by atoms with Gasteiger partial charge in [-0.1, -0.05) is 90.5 Å². The zero-order valence-corrected chi connectivity index (χ0v) is 15.9. The number of fused-ring (bicyclic) bond motifs is 3. The first-order chi connectivity index (χ1) is 13.7. The smallest absolute Gasteiger partial charge is 0.407 e. The molecule has 4 rings (SSSR count). The summed E-state index contributed by atoms with van der Waals surface area (Å²) in [5.41, 5.74) is 7.24. The minimum atomic E-state index is -0.393. The number of rotatable bonds is 5. The minimum absolute atomic E-state index is 0.0845. The van der Waals surface area contributed by atoms with Gasteiger partial charge < -0.3 is 10.1 Å². The third-order valence-corrected chi connectivity index (χ3v) is 5.10. The maximum absolute atomic E-state index is 12.1.